The van der Waals surface area contributed by atoms with Gasteiger partial charge in [-0.25, -0.2) is 4.39 Å². The molecule has 0 atom stereocenters. The highest BCUT2D eigenvalue weighted by atomic mass is 32.2. The third kappa shape index (κ3) is 4.56. The van der Waals surface area contributed by atoms with Gasteiger partial charge in [0.1, 0.15) is 5.82 Å². The first kappa shape index (κ1) is 16.0. The van der Waals surface area contributed by atoms with Crippen LogP contribution < -0.4 is 5.32 Å². The quantitative estimate of drug-likeness (QED) is 0.798. The lowest BCUT2D eigenvalue weighted by Crippen LogP contribution is -2.18. The average Bonchev–Trinajstić information content (AvgIpc) is 2.76. The molecule has 6 heteroatoms. The summed E-state index contributed by atoms with van der Waals surface area (Å²) in [7, 11) is 3.52. The minimum Gasteiger partial charge on any atom is -0.383 e. The highest BCUT2D eigenvalue weighted by Gasteiger charge is 2.09. The molecule has 0 amide bonds. The number of hydrogen-bond donors (Lipinski definition) is 1. The van der Waals surface area contributed by atoms with E-state index >= 15 is 0 Å². The third-order valence-corrected chi connectivity index (χ3v) is 4.12. The van der Waals surface area contributed by atoms with Crippen LogP contribution >= 0.6 is 11.8 Å². The number of nitrogens with one attached hydrogen (secondary N) is 1. The topological polar surface area (TPSA) is 39.1 Å². The number of ether oxygens (including phenoxy) is 1. The zero-order valence-corrected chi connectivity index (χ0v) is 13.3. The van der Waals surface area contributed by atoms with E-state index in [1.54, 1.807) is 17.9 Å². The summed E-state index contributed by atoms with van der Waals surface area (Å²) in [6.07, 6.45) is 0. The van der Waals surface area contributed by atoms with Gasteiger partial charge in [-0.15, -0.1) is 0 Å². The van der Waals surface area contributed by atoms with Crippen LogP contribution in [0.15, 0.2) is 34.2 Å². The van der Waals surface area contributed by atoms with Crippen molar-refractivity contribution in [3.63, 3.8) is 0 Å². The summed E-state index contributed by atoms with van der Waals surface area (Å²) in [4.78, 5) is 0.610. The molecular weight excluding hydrogens is 289 g/mol. The number of benzene rings is 1. The number of aromatic nitrogens is 2. The van der Waals surface area contributed by atoms with E-state index in [1.807, 2.05) is 32.2 Å². The van der Waals surface area contributed by atoms with Crippen LogP contribution in [-0.2, 0) is 18.3 Å². The van der Waals surface area contributed by atoms with Crippen molar-refractivity contribution in [3.05, 3.63) is 41.3 Å². The van der Waals surface area contributed by atoms with Crippen molar-refractivity contribution in [1.82, 2.24) is 15.1 Å². The summed E-state index contributed by atoms with van der Waals surface area (Å²) in [5.41, 5.74) is 1.86. The Morgan fingerprint density at radius 1 is 1.38 bits per heavy atom. The number of halogens is 1. The van der Waals surface area contributed by atoms with E-state index in [0.29, 0.717) is 18.0 Å². The minimum absolute atomic E-state index is 0.204. The average molecular weight is 309 g/mol. The predicted molar refractivity (Wildman–Crippen MR) is 82.1 cm³/mol. The molecule has 0 bridgehead atoms. The van der Waals surface area contributed by atoms with Crippen LogP contribution in [0, 0.1) is 12.7 Å². The Labute approximate surface area is 128 Å². The molecule has 21 heavy (non-hydrogen) atoms. The number of methoxy groups -OCH3 is 1. The van der Waals surface area contributed by atoms with Crippen LogP contribution in [0.25, 0.3) is 0 Å². The van der Waals surface area contributed by atoms with E-state index in [1.165, 1.54) is 11.8 Å². The monoisotopic (exact) mass is 309 g/mol. The maximum Gasteiger partial charge on any atom is 0.137 e. The molecular formula is C15H20FN3OS. The van der Waals surface area contributed by atoms with E-state index < -0.39 is 0 Å². The molecule has 114 valence electrons. The van der Waals surface area contributed by atoms with Crippen molar-refractivity contribution < 1.29 is 9.13 Å². The van der Waals surface area contributed by atoms with Crippen LogP contribution in [0.2, 0.25) is 0 Å². The van der Waals surface area contributed by atoms with Gasteiger partial charge in [0.25, 0.3) is 0 Å². The number of rotatable bonds is 7. The summed E-state index contributed by atoms with van der Waals surface area (Å²) in [6, 6.07) is 7.28. The fraction of sp³-hybridized carbons (Fsp3) is 0.400. The number of aryl methyl sites for hydroxylation is 2. The van der Waals surface area contributed by atoms with Gasteiger partial charge in [0.05, 0.1) is 17.3 Å². The Morgan fingerprint density at radius 3 is 2.81 bits per heavy atom. The van der Waals surface area contributed by atoms with Gasteiger partial charge >= 0.3 is 0 Å². The van der Waals surface area contributed by atoms with Crippen molar-refractivity contribution in [2.45, 2.75) is 23.4 Å². The SMILES string of the molecule is COCCNCc1ccc(Sc2cc(C)nn2C)c(F)c1. The molecule has 0 aliphatic heterocycles. The van der Waals surface area contributed by atoms with Gasteiger partial charge in [-0.2, -0.15) is 5.10 Å². The van der Waals surface area contributed by atoms with Gasteiger partial charge in [-0.05, 0) is 30.7 Å². The van der Waals surface area contributed by atoms with E-state index in [9.17, 15) is 4.39 Å². The lowest BCUT2D eigenvalue weighted by atomic mass is 10.2. The third-order valence-electron chi connectivity index (χ3n) is 2.98. The summed E-state index contributed by atoms with van der Waals surface area (Å²) in [6.45, 7) is 3.96. The van der Waals surface area contributed by atoms with Crippen molar-refractivity contribution in [3.8, 4) is 0 Å². The zero-order chi connectivity index (χ0) is 15.2. The summed E-state index contributed by atoms with van der Waals surface area (Å²) >= 11 is 1.39. The van der Waals surface area contributed by atoms with E-state index in [-0.39, 0.29) is 5.82 Å². The van der Waals surface area contributed by atoms with E-state index in [2.05, 4.69) is 10.4 Å². The van der Waals surface area contributed by atoms with Crippen LogP contribution in [0.3, 0.4) is 0 Å². The molecule has 4 nitrogen and oxygen atoms in total. The maximum absolute atomic E-state index is 14.1. The second kappa shape index (κ2) is 7.59. The molecule has 0 radical (unpaired) electrons. The van der Waals surface area contributed by atoms with Crippen molar-refractivity contribution in [2.75, 3.05) is 20.3 Å². The molecule has 0 spiro atoms. The standard InChI is InChI=1S/C15H20FN3OS/c1-11-8-15(19(2)18-11)21-14-5-4-12(9-13(14)16)10-17-6-7-20-3/h4-5,8-9,17H,6-7,10H2,1-3H3. The lowest BCUT2D eigenvalue weighted by molar-refractivity contribution is 0.199. The Kier molecular flexibility index (Phi) is 5.78. The van der Waals surface area contributed by atoms with Gasteiger partial charge in [-0.1, -0.05) is 17.8 Å². The van der Waals surface area contributed by atoms with Crippen LogP contribution in [0.1, 0.15) is 11.3 Å². The predicted octanol–water partition coefficient (Wildman–Crippen LogP) is 2.75. The Morgan fingerprint density at radius 2 is 2.19 bits per heavy atom. The van der Waals surface area contributed by atoms with Gasteiger partial charge in [0.2, 0.25) is 0 Å². The largest absolute Gasteiger partial charge is 0.383 e. The summed E-state index contributed by atoms with van der Waals surface area (Å²) in [5, 5.41) is 8.39. The van der Waals surface area contributed by atoms with E-state index in [0.717, 1.165) is 22.8 Å². The second-order valence-corrected chi connectivity index (χ2v) is 5.85. The Hall–Kier alpha value is -1.37. The van der Waals surface area contributed by atoms with Crippen molar-refractivity contribution in [1.29, 1.82) is 0 Å². The fourth-order valence-electron chi connectivity index (χ4n) is 1.94. The molecule has 0 unspecified atom stereocenters. The first-order chi connectivity index (χ1) is 10.1. The number of hydrogen-bond acceptors (Lipinski definition) is 4. The molecule has 0 saturated carbocycles. The number of nitrogens with zero attached hydrogens (tertiary/aromatic N) is 2. The molecule has 0 saturated heterocycles. The molecule has 1 heterocycles. The van der Waals surface area contributed by atoms with Gasteiger partial charge in [0.15, 0.2) is 0 Å². The highest BCUT2D eigenvalue weighted by Crippen LogP contribution is 2.30. The summed E-state index contributed by atoms with van der Waals surface area (Å²) in [5.74, 6) is -0.204. The molecule has 2 aromatic rings. The van der Waals surface area contributed by atoms with Crippen molar-refractivity contribution in [2.24, 2.45) is 7.05 Å². The van der Waals surface area contributed by atoms with Crippen molar-refractivity contribution >= 4 is 11.8 Å². The van der Waals surface area contributed by atoms with Crippen LogP contribution in [0.5, 0.6) is 0 Å². The lowest BCUT2D eigenvalue weighted by Gasteiger charge is -2.07. The second-order valence-electron chi connectivity index (χ2n) is 4.78. The molecule has 1 aromatic heterocycles. The molecule has 0 aliphatic rings. The van der Waals surface area contributed by atoms with Crippen LogP contribution in [0.4, 0.5) is 4.39 Å². The van der Waals surface area contributed by atoms with E-state index in [4.69, 9.17) is 4.74 Å². The van der Waals surface area contributed by atoms with Gasteiger partial charge in [0, 0.05) is 32.1 Å². The zero-order valence-electron chi connectivity index (χ0n) is 12.5. The van der Waals surface area contributed by atoms with Gasteiger partial charge < -0.3 is 10.1 Å². The first-order valence-corrected chi connectivity index (χ1v) is 7.58. The van der Waals surface area contributed by atoms with Crippen LogP contribution in [-0.4, -0.2) is 30.0 Å². The molecule has 0 fully saturated rings. The molecule has 1 aromatic carbocycles. The van der Waals surface area contributed by atoms with Gasteiger partial charge in [-0.3, -0.25) is 4.68 Å². The highest BCUT2D eigenvalue weighted by molar-refractivity contribution is 7.99. The molecule has 1 N–H and O–H groups in total. The molecule has 0 aliphatic carbocycles. The normalized spacial score (nSPS) is 11.0. The first-order valence-electron chi connectivity index (χ1n) is 6.76. The molecule has 2 rings (SSSR count). The smallest absolute Gasteiger partial charge is 0.137 e. The minimum atomic E-state index is -0.204. The maximum atomic E-state index is 14.1. The Bertz CT molecular complexity index is 601. The Balaban J connectivity index is 2.00. The fourth-order valence-corrected chi connectivity index (χ4v) is 2.86. The summed E-state index contributed by atoms with van der Waals surface area (Å²) < 4.78 is 20.9.